The van der Waals surface area contributed by atoms with Crippen LogP contribution in [0, 0.1) is 5.92 Å². The maximum Gasteiger partial charge on any atom is 0.231 e. The number of fused-ring (bicyclic) bond motifs is 1. The summed E-state index contributed by atoms with van der Waals surface area (Å²) in [6, 6.07) is 5.98. The quantitative estimate of drug-likeness (QED) is 0.471. The van der Waals surface area contributed by atoms with E-state index in [1.54, 1.807) is 7.05 Å². The van der Waals surface area contributed by atoms with E-state index in [9.17, 15) is 0 Å². The first-order valence-corrected chi connectivity index (χ1v) is 6.68. The summed E-state index contributed by atoms with van der Waals surface area (Å²) >= 11 is 0. The van der Waals surface area contributed by atoms with E-state index in [2.05, 4.69) is 15.6 Å². The second kappa shape index (κ2) is 7.01. The van der Waals surface area contributed by atoms with E-state index < -0.39 is 0 Å². The zero-order valence-electron chi connectivity index (χ0n) is 11.5. The maximum absolute atomic E-state index is 5.36. The second-order valence-corrected chi connectivity index (χ2v) is 4.94. The molecule has 1 aromatic rings. The highest BCUT2D eigenvalue weighted by atomic mass is 127. The van der Waals surface area contributed by atoms with Crippen LogP contribution in [0.15, 0.2) is 23.2 Å². The largest absolute Gasteiger partial charge is 0.454 e. The van der Waals surface area contributed by atoms with Gasteiger partial charge in [0.1, 0.15) is 0 Å². The lowest BCUT2D eigenvalue weighted by Crippen LogP contribution is -2.37. The second-order valence-electron chi connectivity index (χ2n) is 4.94. The fourth-order valence-electron chi connectivity index (χ4n) is 2.02. The minimum absolute atomic E-state index is 0. The Hall–Kier alpha value is -1.18. The minimum Gasteiger partial charge on any atom is -0.454 e. The first-order chi connectivity index (χ1) is 9.35. The Balaban J connectivity index is 0.00000147. The third kappa shape index (κ3) is 3.91. The van der Waals surface area contributed by atoms with E-state index in [1.165, 1.54) is 12.8 Å². The average Bonchev–Trinajstić information content (AvgIpc) is 3.15. The highest BCUT2D eigenvalue weighted by molar-refractivity contribution is 14.0. The number of nitrogens with one attached hydrogen (secondary N) is 2. The van der Waals surface area contributed by atoms with Crippen molar-refractivity contribution in [3.05, 3.63) is 23.8 Å². The molecule has 0 atom stereocenters. The molecule has 0 saturated heterocycles. The first-order valence-electron chi connectivity index (χ1n) is 6.68. The Kier molecular flexibility index (Phi) is 5.33. The summed E-state index contributed by atoms with van der Waals surface area (Å²) in [5.41, 5.74) is 1.15. The summed E-state index contributed by atoms with van der Waals surface area (Å²) < 4.78 is 10.7. The van der Waals surface area contributed by atoms with Crippen LogP contribution in [0.1, 0.15) is 18.4 Å². The van der Waals surface area contributed by atoms with Gasteiger partial charge >= 0.3 is 0 Å². The Morgan fingerprint density at radius 2 is 2.05 bits per heavy atom. The molecule has 6 heteroatoms. The fourth-order valence-corrected chi connectivity index (χ4v) is 2.02. The molecule has 1 heterocycles. The van der Waals surface area contributed by atoms with Crippen LogP contribution in [0.5, 0.6) is 11.5 Å². The molecule has 1 fully saturated rings. The number of ether oxygens (including phenoxy) is 2. The molecular weight excluding hydrogens is 369 g/mol. The van der Waals surface area contributed by atoms with Crippen LogP contribution in [0.4, 0.5) is 0 Å². The van der Waals surface area contributed by atoms with Crippen LogP contribution >= 0.6 is 24.0 Å². The molecule has 0 spiro atoms. The van der Waals surface area contributed by atoms with E-state index >= 15 is 0 Å². The normalized spacial score (nSPS) is 16.6. The monoisotopic (exact) mass is 389 g/mol. The van der Waals surface area contributed by atoms with Crippen molar-refractivity contribution in [2.24, 2.45) is 10.9 Å². The number of benzene rings is 1. The Labute approximate surface area is 136 Å². The molecule has 0 aromatic heterocycles. The van der Waals surface area contributed by atoms with Gasteiger partial charge in [-0.1, -0.05) is 6.07 Å². The van der Waals surface area contributed by atoms with Gasteiger partial charge in [0, 0.05) is 20.1 Å². The van der Waals surface area contributed by atoms with Crippen molar-refractivity contribution in [1.82, 2.24) is 10.6 Å². The third-order valence-electron chi connectivity index (χ3n) is 3.38. The van der Waals surface area contributed by atoms with Crippen LogP contribution in [-0.2, 0) is 6.54 Å². The predicted octanol–water partition coefficient (Wildman–Crippen LogP) is 2.11. The van der Waals surface area contributed by atoms with Crippen LogP contribution in [0.25, 0.3) is 0 Å². The van der Waals surface area contributed by atoms with Crippen LogP contribution < -0.4 is 20.1 Å². The summed E-state index contributed by atoms with van der Waals surface area (Å²) in [7, 11) is 1.79. The minimum atomic E-state index is 0. The van der Waals surface area contributed by atoms with Crippen LogP contribution in [0.3, 0.4) is 0 Å². The molecular formula is C14H20IN3O2. The number of nitrogens with zero attached hydrogens (tertiary/aromatic N) is 1. The van der Waals surface area contributed by atoms with Gasteiger partial charge in [0.25, 0.3) is 0 Å². The number of hydrogen-bond donors (Lipinski definition) is 2. The summed E-state index contributed by atoms with van der Waals surface area (Å²) in [4.78, 5) is 4.21. The van der Waals surface area contributed by atoms with Crippen molar-refractivity contribution in [3.63, 3.8) is 0 Å². The van der Waals surface area contributed by atoms with Gasteiger partial charge < -0.3 is 20.1 Å². The maximum atomic E-state index is 5.36. The van der Waals surface area contributed by atoms with Gasteiger partial charge in [0.15, 0.2) is 17.5 Å². The van der Waals surface area contributed by atoms with Crippen molar-refractivity contribution in [2.75, 3.05) is 20.4 Å². The van der Waals surface area contributed by atoms with Crippen molar-refractivity contribution in [2.45, 2.75) is 19.4 Å². The van der Waals surface area contributed by atoms with E-state index in [4.69, 9.17) is 9.47 Å². The summed E-state index contributed by atoms with van der Waals surface area (Å²) in [6.07, 6.45) is 2.68. The van der Waals surface area contributed by atoms with E-state index in [0.29, 0.717) is 6.79 Å². The molecule has 5 nitrogen and oxygen atoms in total. The number of aliphatic imine (C=N–C) groups is 1. The van der Waals surface area contributed by atoms with Gasteiger partial charge in [-0.15, -0.1) is 24.0 Å². The molecule has 0 amide bonds. The Morgan fingerprint density at radius 3 is 2.80 bits per heavy atom. The van der Waals surface area contributed by atoms with Gasteiger partial charge in [-0.05, 0) is 36.5 Å². The topological polar surface area (TPSA) is 54.9 Å². The van der Waals surface area contributed by atoms with Gasteiger partial charge in [0.2, 0.25) is 6.79 Å². The van der Waals surface area contributed by atoms with Gasteiger partial charge in [-0.25, -0.2) is 0 Å². The van der Waals surface area contributed by atoms with E-state index in [1.807, 2.05) is 18.2 Å². The predicted molar refractivity (Wildman–Crippen MR) is 88.9 cm³/mol. The van der Waals surface area contributed by atoms with Gasteiger partial charge in [-0.2, -0.15) is 0 Å². The lowest BCUT2D eigenvalue weighted by atomic mass is 10.2. The van der Waals surface area contributed by atoms with Crippen LogP contribution in [0.2, 0.25) is 0 Å². The van der Waals surface area contributed by atoms with E-state index in [-0.39, 0.29) is 24.0 Å². The molecule has 1 aliphatic carbocycles. The highest BCUT2D eigenvalue weighted by Crippen LogP contribution is 2.32. The van der Waals surface area contributed by atoms with Crippen molar-refractivity contribution in [1.29, 1.82) is 0 Å². The lowest BCUT2D eigenvalue weighted by Gasteiger charge is -2.11. The number of halogens is 1. The number of guanidine groups is 1. The molecule has 0 radical (unpaired) electrons. The molecule has 2 N–H and O–H groups in total. The molecule has 3 rings (SSSR count). The van der Waals surface area contributed by atoms with Gasteiger partial charge in [-0.3, -0.25) is 4.99 Å². The average molecular weight is 389 g/mol. The zero-order valence-corrected chi connectivity index (χ0v) is 13.8. The molecule has 1 aromatic carbocycles. The standard InChI is InChI=1S/C14H19N3O2.HI/c1-15-14(16-7-10-2-3-10)17-8-11-4-5-12-13(6-11)19-9-18-12;/h4-6,10H,2-3,7-9H2,1H3,(H2,15,16,17);1H. The molecule has 2 aliphatic rings. The number of hydrogen-bond acceptors (Lipinski definition) is 3. The van der Waals surface area contributed by atoms with Gasteiger partial charge in [0.05, 0.1) is 0 Å². The smallest absolute Gasteiger partial charge is 0.231 e. The van der Waals surface area contributed by atoms with Crippen LogP contribution in [-0.4, -0.2) is 26.3 Å². The summed E-state index contributed by atoms with van der Waals surface area (Å²) in [5, 5.41) is 6.64. The zero-order chi connectivity index (χ0) is 13.1. The molecule has 110 valence electrons. The molecule has 0 bridgehead atoms. The fraction of sp³-hybridized carbons (Fsp3) is 0.500. The summed E-state index contributed by atoms with van der Waals surface area (Å²) in [6.45, 7) is 2.05. The first kappa shape index (κ1) is 15.2. The SMILES string of the molecule is CN=C(NCc1ccc2c(c1)OCO2)NCC1CC1.I. The highest BCUT2D eigenvalue weighted by Gasteiger charge is 2.21. The number of rotatable bonds is 4. The molecule has 0 unspecified atom stereocenters. The van der Waals surface area contributed by atoms with Crippen molar-refractivity contribution in [3.8, 4) is 11.5 Å². The van der Waals surface area contributed by atoms with E-state index in [0.717, 1.165) is 42.0 Å². The third-order valence-corrected chi connectivity index (χ3v) is 3.38. The van der Waals surface area contributed by atoms with Crippen molar-refractivity contribution >= 4 is 29.9 Å². The lowest BCUT2D eigenvalue weighted by molar-refractivity contribution is 0.174. The summed E-state index contributed by atoms with van der Waals surface area (Å²) in [5.74, 6) is 3.33. The van der Waals surface area contributed by atoms with Crippen molar-refractivity contribution < 1.29 is 9.47 Å². The Bertz CT molecular complexity index is 489. The Morgan fingerprint density at radius 1 is 1.25 bits per heavy atom. The molecule has 20 heavy (non-hydrogen) atoms. The molecule has 1 saturated carbocycles. The molecule has 1 aliphatic heterocycles.